The molecule has 0 saturated carbocycles. The standard InChI is InChI=1S/C15H13ClFNO2/c16-10-5-6-13(17)9(7-10)8-18-14(19)11-3-1-2-4-12(11)15(18)20/h1-2,5-7,11-12H,3-4,8H2. The van der Waals surface area contributed by atoms with Gasteiger partial charge in [0.05, 0.1) is 18.4 Å². The van der Waals surface area contributed by atoms with E-state index in [0.717, 1.165) is 4.90 Å². The van der Waals surface area contributed by atoms with E-state index in [-0.39, 0.29) is 35.8 Å². The number of imide groups is 1. The third kappa shape index (κ3) is 2.14. The zero-order valence-electron chi connectivity index (χ0n) is 10.7. The fraction of sp³-hybridized carbons (Fsp3) is 0.333. The molecule has 5 heteroatoms. The Balaban J connectivity index is 1.86. The van der Waals surface area contributed by atoms with Crippen molar-refractivity contribution < 1.29 is 14.0 Å². The molecule has 0 aromatic heterocycles. The first-order valence-electron chi connectivity index (χ1n) is 6.52. The summed E-state index contributed by atoms with van der Waals surface area (Å²) in [5, 5.41) is 0.388. The molecule has 1 aliphatic heterocycles. The average molecular weight is 294 g/mol. The van der Waals surface area contributed by atoms with Crippen molar-refractivity contribution in [1.82, 2.24) is 4.90 Å². The third-order valence-electron chi connectivity index (χ3n) is 3.94. The molecule has 104 valence electrons. The lowest BCUT2D eigenvalue weighted by Gasteiger charge is -2.15. The number of carbonyl (C=O) groups is 2. The number of fused-ring (bicyclic) bond motifs is 1. The largest absolute Gasteiger partial charge is 0.277 e. The first kappa shape index (κ1) is 13.3. The van der Waals surface area contributed by atoms with Crippen molar-refractivity contribution in [3.8, 4) is 0 Å². The number of carbonyl (C=O) groups excluding carboxylic acids is 2. The molecule has 0 N–H and O–H groups in total. The van der Waals surface area contributed by atoms with E-state index >= 15 is 0 Å². The molecule has 2 unspecified atom stereocenters. The minimum atomic E-state index is -0.456. The maximum Gasteiger partial charge on any atom is 0.233 e. The van der Waals surface area contributed by atoms with Crippen molar-refractivity contribution in [1.29, 1.82) is 0 Å². The van der Waals surface area contributed by atoms with E-state index < -0.39 is 5.82 Å². The number of hydrogen-bond donors (Lipinski definition) is 0. The summed E-state index contributed by atoms with van der Waals surface area (Å²) in [5.41, 5.74) is 0.269. The smallest absolute Gasteiger partial charge is 0.233 e. The van der Waals surface area contributed by atoms with Gasteiger partial charge in [-0.25, -0.2) is 4.39 Å². The van der Waals surface area contributed by atoms with Crippen molar-refractivity contribution in [2.75, 3.05) is 0 Å². The molecule has 1 fully saturated rings. The summed E-state index contributed by atoms with van der Waals surface area (Å²) < 4.78 is 13.7. The molecule has 1 aromatic rings. The van der Waals surface area contributed by atoms with Crippen molar-refractivity contribution in [3.63, 3.8) is 0 Å². The summed E-state index contributed by atoms with van der Waals surface area (Å²) in [4.78, 5) is 25.7. The number of halogens is 2. The molecule has 2 aliphatic rings. The fourth-order valence-electron chi connectivity index (χ4n) is 2.86. The van der Waals surface area contributed by atoms with Gasteiger partial charge in [-0.3, -0.25) is 14.5 Å². The van der Waals surface area contributed by atoms with E-state index in [9.17, 15) is 14.0 Å². The molecule has 0 radical (unpaired) electrons. The van der Waals surface area contributed by atoms with E-state index in [2.05, 4.69) is 0 Å². The molecular formula is C15H13ClFNO2. The SMILES string of the molecule is O=C1C2CC=CCC2C(=O)N1Cc1cc(Cl)ccc1F. The van der Waals surface area contributed by atoms with Crippen LogP contribution in [0.25, 0.3) is 0 Å². The number of amides is 2. The van der Waals surface area contributed by atoms with Crippen LogP contribution in [0.1, 0.15) is 18.4 Å². The summed E-state index contributed by atoms with van der Waals surface area (Å²) in [6.07, 6.45) is 5.03. The van der Waals surface area contributed by atoms with Crippen LogP contribution in [0.5, 0.6) is 0 Å². The van der Waals surface area contributed by atoms with E-state index in [1.807, 2.05) is 12.2 Å². The number of allylic oxidation sites excluding steroid dienone is 2. The molecule has 1 aliphatic carbocycles. The number of likely N-dealkylation sites (tertiary alicyclic amines) is 1. The lowest BCUT2D eigenvalue weighted by Crippen LogP contribution is -2.30. The highest BCUT2D eigenvalue weighted by Gasteiger charge is 2.47. The Morgan fingerprint density at radius 1 is 1.15 bits per heavy atom. The van der Waals surface area contributed by atoms with E-state index in [4.69, 9.17) is 11.6 Å². The highest BCUT2D eigenvalue weighted by Crippen LogP contribution is 2.36. The summed E-state index contributed by atoms with van der Waals surface area (Å²) in [6.45, 7) is -0.0446. The van der Waals surface area contributed by atoms with Crippen molar-refractivity contribution in [3.05, 3.63) is 46.8 Å². The quantitative estimate of drug-likeness (QED) is 0.621. The molecule has 2 amide bonds. The molecule has 1 heterocycles. The number of benzene rings is 1. The molecule has 3 nitrogen and oxygen atoms in total. The second-order valence-electron chi connectivity index (χ2n) is 5.15. The van der Waals surface area contributed by atoms with Crippen LogP contribution in [0.2, 0.25) is 5.02 Å². The topological polar surface area (TPSA) is 37.4 Å². The summed E-state index contributed by atoms with van der Waals surface area (Å²) in [5.74, 6) is -1.43. The Kier molecular flexibility index (Phi) is 3.34. The van der Waals surface area contributed by atoms with Crippen LogP contribution in [-0.2, 0) is 16.1 Å². The van der Waals surface area contributed by atoms with Gasteiger partial charge in [-0.05, 0) is 31.0 Å². The van der Waals surface area contributed by atoms with Crippen LogP contribution in [0, 0.1) is 17.7 Å². The van der Waals surface area contributed by atoms with Crippen molar-refractivity contribution in [2.24, 2.45) is 11.8 Å². The van der Waals surface area contributed by atoms with E-state index in [0.29, 0.717) is 17.9 Å². The Morgan fingerprint density at radius 3 is 2.35 bits per heavy atom. The minimum Gasteiger partial charge on any atom is -0.277 e. The third-order valence-corrected chi connectivity index (χ3v) is 4.17. The highest BCUT2D eigenvalue weighted by molar-refractivity contribution is 6.30. The summed E-state index contributed by atoms with van der Waals surface area (Å²) in [6, 6.07) is 4.15. The Morgan fingerprint density at radius 2 is 1.75 bits per heavy atom. The molecule has 2 atom stereocenters. The summed E-state index contributed by atoms with van der Waals surface area (Å²) >= 11 is 5.83. The van der Waals surface area contributed by atoms with Crippen LogP contribution in [0.15, 0.2) is 30.4 Å². The zero-order chi connectivity index (χ0) is 14.3. The van der Waals surface area contributed by atoms with Crippen LogP contribution in [0.3, 0.4) is 0 Å². The van der Waals surface area contributed by atoms with Gasteiger partial charge < -0.3 is 0 Å². The van der Waals surface area contributed by atoms with Gasteiger partial charge in [0.2, 0.25) is 11.8 Å². The average Bonchev–Trinajstić information content (AvgIpc) is 2.68. The maximum atomic E-state index is 13.7. The second kappa shape index (κ2) is 5.02. The molecular weight excluding hydrogens is 281 g/mol. The number of hydrogen-bond acceptors (Lipinski definition) is 2. The predicted molar refractivity (Wildman–Crippen MR) is 72.3 cm³/mol. The van der Waals surface area contributed by atoms with Gasteiger partial charge in [0.25, 0.3) is 0 Å². The minimum absolute atomic E-state index is 0.0446. The molecule has 20 heavy (non-hydrogen) atoms. The lowest BCUT2D eigenvalue weighted by molar-refractivity contribution is -0.140. The first-order chi connectivity index (χ1) is 9.58. The molecule has 1 aromatic carbocycles. The zero-order valence-corrected chi connectivity index (χ0v) is 11.4. The van der Waals surface area contributed by atoms with Crippen LogP contribution >= 0.6 is 11.6 Å². The second-order valence-corrected chi connectivity index (χ2v) is 5.59. The van der Waals surface area contributed by atoms with Crippen LogP contribution in [-0.4, -0.2) is 16.7 Å². The highest BCUT2D eigenvalue weighted by atomic mass is 35.5. The Labute approximate surface area is 121 Å². The van der Waals surface area contributed by atoms with Crippen molar-refractivity contribution in [2.45, 2.75) is 19.4 Å². The van der Waals surface area contributed by atoms with Gasteiger partial charge in [0.1, 0.15) is 5.82 Å². The molecule has 3 rings (SSSR count). The Bertz CT molecular complexity index is 588. The predicted octanol–water partition coefficient (Wildman–Crippen LogP) is 2.93. The van der Waals surface area contributed by atoms with E-state index in [1.54, 1.807) is 0 Å². The summed E-state index contributed by atoms with van der Waals surface area (Å²) in [7, 11) is 0. The van der Waals surface area contributed by atoms with Gasteiger partial charge in [0, 0.05) is 10.6 Å². The number of nitrogens with zero attached hydrogens (tertiary/aromatic N) is 1. The maximum absolute atomic E-state index is 13.7. The normalized spacial score (nSPS) is 25.2. The molecule has 0 spiro atoms. The van der Waals surface area contributed by atoms with Gasteiger partial charge in [-0.2, -0.15) is 0 Å². The van der Waals surface area contributed by atoms with Gasteiger partial charge >= 0.3 is 0 Å². The molecule has 0 bridgehead atoms. The monoisotopic (exact) mass is 293 g/mol. The van der Waals surface area contributed by atoms with E-state index in [1.165, 1.54) is 18.2 Å². The van der Waals surface area contributed by atoms with Gasteiger partial charge in [-0.15, -0.1) is 0 Å². The van der Waals surface area contributed by atoms with Crippen LogP contribution in [0.4, 0.5) is 4.39 Å². The van der Waals surface area contributed by atoms with Gasteiger partial charge in [-0.1, -0.05) is 23.8 Å². The van der Waals surface area contributed by atoms with Crippen LogP contribution < -0.4 is 0 Å². The molecule has 1 saturated heterocycles. The Hall–Kier alpha value is -1.68. The first-order valence-corrected chi connectivity index (χ1v) is 6.90. The fourth-order valence-corrected chi connectivity index (χ4v) is 3.05. The number of rotatable bonds is 2. The van der Waals surface area contributed by atoms with Crippen molar-refractivity contribution >= 4 is 23.4 Å². The van der Waals surface area contributed by atoms with Gasteiger partial charge in [0.15, 0.2) is 0 Å². The lowest BCUT2D eigenvalue weighted by atomic mass is 9.85.